The van der Waals surface area contributed by atoms with Gasteiger partial charge in [0.1, 0.15) is 0 Å². The Morgan fingerprint density at radius 2 is 2.05 bits per heavy atom. The molecule has 1 unspecified atom stereocenters. The van der Waals surface area contributed by atoms with E-state index >= 15 is 0 Å². The molecule has 2 nitrogen and oxygen atoms in total. The maximum absolute atomic E-state index is 4.81. The molecule has 1 atom stereocenters. The second kappa shape index (κ2) is 7.37. The first-order valence-corrected chi connectivity index (χ1v) is 8.89. The highest BCUT2D eigenvalue weighted by Gasteiger charge is 2.25. The molecule has 0 amide bonds. The molecule has 1 aromatic heterocycles. The van der Waals surface area contributed by atoms with Crippen LogP contribution in [0.25, 0.3) is 10.2 Å². The average molecular weight is 305 g/mol. The smallest absolute Gasteiger partial charge is 0.0944 e. The average Bonchev–Trinajstić information content (AvgIpc) is 2.79. The Kier molecular flexibility index (Phi) is 5.77. The van der Waals surface area contributed by atoms with Crippen LogP contribution in [0.2, 0.25) is 0 Å². The SMILES string of the molecule is CCCC(C)(CNCC(C)C)Cc1nc2ccccc2s1. The van der Waals surface area contributed by atoms with Crippen LogP contribution in [-0.4, -0.2) is 18.1 Å². The molecule has 2 aromatic rings. The molecule has 0 aliphatic carbocycles. The molecule has 21 heavy (non-hydrogen) atoms. The van der Waals surface area contributed by atoms with Crippen molar-refractivity contribution in [2.24, 2.45) is 11.3 Å². The zero-order chi connectivity index (χ0) is 15.3. The van der Waals surface area contributed by atoms with E-state index in [4.69, 9.17) is 4.98 Å². The summed E-state index contributed by atoms with van der Waals surface area (Å²) in [5.74, 6) is 0.707. The van der Waals surface area contributed by atoms with Gasteiger partial charge in [-0.25, -0.2) is 4.98 Å². The van der Waals surface area contributed by atoms with Gasteiger partial charge in [0.25, 0.3) is 0 Å². The highest BCUT2D eigenvalue weighted by Crippen LogP contribution is 2.31. The standard InChI is InChI=1S/C18H28N2S/c1-5-10-18(4,13-19-12-14(2)3)11-17-20-15-8-6-7-9-16(15)21-17/h6-9,14,19H,5,10-13H2,1-4H3. The fourth-order valence-corrected chi connectivity index (χ4v) is 4.05. The molecule has 116 valence electrons. The van der Waals surface area contributed by atoms with Gasteiger partial charge >= 0.3 is 0 Å². The van der Waals surface area contributed by atoms with Crippen LogP contribution in [0.15, 0.2) is 24.3 Å². The minimum absolute atomic E-state index is 0.303. The molecular formula is C18H28N2S. The van der Waals surface area contributed by atoms with Crippen molar-refractivity contribution in [1.29, 1.82) is 0 Å². The predicted octanol–water partition coefficient (Wildman–Crippen LogP) is 4.89. The number of thiazole rings is 1. The van der Waals surface area contributed by atoms with Gasteiger partial charge in [-0.05, 0) is 36.4 Å². The molecule has 0 fully saturated rings. The van der Waals surface area contributed by atoms with Crippen LogP contribution in [0, 0.1) is 11.3 Å². The molecule has 0 spiro atoms. The Bertz CT molecular complexity index is 528. The van der Waals surface area contributed by atoms with Gasteiger partial charge in [-0.15, -0.1) is 11.3 Å². The lowest BCUT2D eigenvalue weighted by Gasteiger charge is -2.29. The van der Waals surface area contributed by atoms with Gasteiger partial charge in [-0.1, -0.05) is 46.2 Å². The van der Waals surface area contributed by atoms with Gasteiger partial charge in [0.2, 0.25) is 0 Å². The zero-order valence-corrected chi connectivity index (χ0v) is 14.6. The highest BCUT2D eigenvalue weighted by molar-refractivity contribution is 7.18. The summed E-state index contributed by atoms with van der Waals surface area (Å²) >= 11 is 1.85. The van der Waals surface area contributed by atoms with E-state index in [2.05, 4.69) is 57.3 Å². The van der Waals surface area contributed by atoms with E-state index in [9.17, 15) is 0 Å². The number of nitrogens with one attached hydrogen (secondary N) is 1. The fraction of sp³-hybridized carbons (Fsp3) is 0.611. The second-order valence-electron chi connectivity index (χ2n) is 6.84. The van der Waals surface area contributed by atoms with Gasteiger partial charge < -0.3 is 5.32 Å². The summed E-state index contributed by atoms with van der Waals surface area (Å²) in [6.45, 7) is 11.4. The van der Waals surface area contributed by atoms with Gasteiger partial charge in [-0.2, -0.15) is 0 Å². The minimum Gasteiger partial charge on any atom is -0.316 e. The van der Waals surface area contributed by atoms with Gasteiger partial charge in [0.05, 0.1) is 15.2 Å². The molecule has 0 aliphatic heterocycles. The molecular weight excluding hydrogens is 276 g/mol. The van der Waals surface area contributed by atoms with Crippen molar-refractivity contribution in [3.05, 3.63) is 29.3 Å². The van der Waals surface area contributed by atoms with Gasteiger partial charge in [0, 0.05) is 13.0 Å². The second-order valence-corrected chi connectivity index (χ2v) is 7.95. The Morgan fingerprint density at radius 1 is 1.29 bits per heavy atom. The summed E-state index contributed by atoms with van der Waals surface area (Å²) in [7, 11) is 0. The topological polar surface area (TPSA) is 24.9 Å². The number of hydrogen-bond acceptors (Lipinski definition) is 3. The number of rotatable bonds is 8. The van der Waals surface area contributed by atoms with E-state index in [1.54, 1.807) is 0 Å². The number of benzene rings is 1. The van der Waals surface area contributed by atoms with E-state index < -0.39 is 0 Å². The highest BCUT2D eigenvalue weighted by atomic mass is 32.1. The van der Waals surface area contributed by atoms with Gasteiger partial charge in [0.15, 0.2) is 0 Å². The number of nitrogens with zero attached hydrogens (tertiary/aromatic N) is 1. The molecule has 1 aromatic carbocycles. The maximum Gasteiger partial charge on any atom is 0.0944 e. The summed E-state index contributed by atoms with van der Waals surface area (Å²) in [6.07, 6.45) is 3.55. The van der Waals surface area contributed by atoms with Crippen molar-refractivity contribution in [3.63, 3.8) is 0 Å². The number of hydrogen-bond donors (Lipinski definition) is 1. The third-order valence-corrected chi connectivity index (χ3v) is 4.91. The first kappa shape index (κ1) is 16.4. The lowest BCUT2D eigenvalue weighted by atomic mass is 9.82. The lowest BCUT2D eigenvalue weighted by Crippen LogP contribution is -2.35. The zero-order valence-electron chi connectivity index (χ0n) is 13.8. The summed E-state index contributed by atoms with van der Waals surface area (Å²) in [4.78, 5) is 4.81. The molecule has 0 saturated carbocycles. The maximum atomic E-state index is 4.81. The van der Waals surface area contributed by atoms with E-state index in [1.807, 2.05) is 11.3 Å². The number of para-hydroxylation sites is 1. The molecule has 2 rings (SSSR count). The third kappa shape index (κ3) is 4.79. The molecule has 1 N–H and O–H groups in total. The Balaban J connectivity index is 2.06. The van der Waals surface area contributed by atoms with Crippen LogP contribution in [0.5, 0.6) is 0 Å². The third-order valence-electron chi connectivity index (χ3n) is 3.87. The van der Waals surface area contributed by atoms with Crippen LogP contribution < -0.4 is 5.32 Å². The van der Waals surface area contributed by atoms with Crippen LogP contribution in [-0.2, 0) is 6.42 Å². The van der Waals surface area contributed by atoms with Crippen LogP contribution in [0.1, 0.15) is 45.5 Å². The molecule has 1 heterocycles. The van der Waals surface area contributed by atoms with Crippen molar-refractivity contribution in [2.75, 3.05) is 13.1 Å². The van der Waals surface area contributed by atoms with E-state index in [0.29, 0.717) is 11.3 Å². The number of aromatic nitrogens is 1. The first-order chi connectivity index (χ1) is 10.0. The van der Waals surface area contributed by atoms with Crippen molar-refractivity contribution in [1.82, 2.24) is 10.3 Å². The van der Waals surface area contributed by atoms with Crippen LogP contribution in [0.3, 0.4) is 0 Å². The lowest BCUT2D eigenvalue weighted by molar-refractivity contribution is 0.270. The van der Waals surface area contributed by atoms with E-state index in [-0.39, 0.29) is 0 Å². The van der Waals surface area contributed by atoms with Crippen molar-refractivity contribution in [2.45, 2.75) is 47.0 Å². The quantitative estimate of drug-likeness (QED) is 0.751. The van der Waals surface area contributed by atoms with Gasteiger partial charge in [-0.3, -0.25) is 0 Å². The minimum atomic E-state index is 0.303. The van der Waals surface area contributed by atoms with Crippen LogP contribution in [0.4, 0.5) is 0 Å². The summed E-state index contributed by atoms with van der Waals surface area (Å²) in [5, 5.41) is 4.92. The fourth-order valence-electron chi connectivity index (χ4n) is 2.87. The normalized spacial score (nSPS) is 14.7. The van der Waals surface area contributed by atoms with E-state index in [0.717, 1.165) is 25.0 Å². The first-order valence-electron chi connectivity index (χ1n) is 8.07. The summed E-state index contributed by atoms with van der Waals surface area (Å²) in [5.41, 5.74) is 1.45. The molecule has 0 radical (unpaired) electrons. The molecule has 0 aliphatic rings. The van der Waals surface area contributed by atoms with Crippen molar-refractivity contribution in [3.8, 4) is 0 Å². The van der Waals surface area contributed by atoms with Crippen LogP contribution >= 0.6 is 11.3 Å². The Morgan fingerprint density at radius 3 is 2.71 bits per heavy atom. The Labute approximate surface area is 133 Å². The monoisotopic (exact) mass is 304 g/mol. The molecule has 0 bridgehead atoms. The van der Waals surface area contributed by atoms with Crippen molar-refractivity contribution >= 4 is 21.6 Å². The Hall–Kier alpha value is -0.930. The largest absolute Gasteiger partial charge is 0.316 e. The number of fused-ring (bicyclic) bond motifs is 1. The van der Waals surface area contributed by atoms with Crippen molar-refractivity contribution < 1.29 is 0 Å². The van der Waals surface area contributed by atoms with E-state index in [1.165, 1.54) is 22.5 Å². The molecule has 0 saturated heterocycles. The predicted molar refractivity (Wildman–Crippen MR) is 94.0 cm³/mol. The molecule has 3 heteroatoms. The summed E-state index contributed by atoms with van der Waals surface area (Å²) < 4.78 is 1.31. The summed E-state index contributed by atoms with van der Waals surface area (Å²) in [6, 6.07) is 8.45.